The zero-order chi connectivity index (χ0) is 14.5. The summed E-state index contributed by atoms with van der Waals surface area (Å²) >= 11 is 0. The van der Waals surface area contributed by atoms with Crippen LogP contribution in [0.5, 0.6) is 5.75 Å². The maximum atomic E-state index is 11.6. The average Bonchev–Trinajstić information content (AvgIpc) is 2.37. The summed E-state index contributed by atoms with van der Waals surface area (Å²) in [6.45, 7) is 7.51. The van der Waals surface area contributed by atoms with Gasteiger partial charge in [-0.3, -0.25) is 4.79 Å². The number of hydrogen-bond acceptors (Lipinski definition) is 4. The third-order valence-electron chi connectivity index (χ3n) is 2.78. The highest BCUT2D eigenvalue weighted by Crippen LogP contribution is 2.25. The molecule has 1 aromatic carbocycles. The van der Waals surface area contributed by atoms with Gasteiger partial charge in [-0.25, -0.2) is 0 Å². The van der Waals surface area contributed by atoms with Gasteiger partial charge in [-0.15, -0.1) is 6.58 Å². The van der Waals surface area contributed by atoms with E-state index in [1.807, 2.05) is 12.1 Å². The van der Waals surface area contributed by atoms with Crippen LogP contribution in [0.1, 0.15) is 19.4 Å². The van der Waals surface area contributed by atoms with Crippen molar-refractivity contribution in [1.29, 1.82) is 0 Å². The van der Waals surface area contributed by atoms with E-state index in [-0.39, 0.29) is 12.6 Å². The fourth-order valence-corrected chi connectivity index (χ4v) is 1.65. The molecule has 0 aliphatic rings. The quantitative estimate of drug-likeness (QED) is 0.487. The lowest BCUT2D eigenvalue weighted by atomic mass is 9.95. The van der Waals surface area contributed by atoms with Crippen molar-refractivity contribution < 1.29 is 14.3 Å². The summed E-state index contributed by atoms with van der Waals surface area (Å²) < 4.78 is 10.5. The van der Waals surface area contributed by atoms with E-state index in [1.165, 1.54) is 7.11 Å². The monoisotopic (exact) mass is 263 g/mol. The zero-order valence-corrected chi connectivity index (χ0v) is 11.7. The summed E-state index contributed by atoms with van der Waals surface area (Å²) in [5.74, 6) is 0.416. The normalized spacial score (nSPS) is 10.9. The molecule has 0 aliphatic carbocycles. The van der Waals surface area contributed by atoms with Crippen molar-refractivity contribution in [2.45, 2.75) is 20.3 Å². The van der Waals surface area contributed by atoms with Crippen molar-refractivity contribution in [3.8, 4) is 5.75 Å². The van der Waals surface area contributed by atoms with Crippen molar-refractivity contribution in [2.24, 2.45) is 5.41 Å². The van der Waals surface area contributed by atoms with Gasteiger partial charge in [-0.05, 0) is 44.0 Å². The van der Waals surface area contributed by atoms with E-state index >= 15 is 0 Å². The summed E-state index contributed by atoms with van der Waals surface area (Å²) in [6.07, 6.45) is 2.45. The van der Waals surface area contributed by atoms with Crippen LogP contribution in [0.4, 0.5) is 5.69 Å². The summed E-state index contributed by atoms with van der Waals surface area (Å²) in [5, 5.41) is 0. The van der Waals surface area contributed by atoms with E-state index in [1.54, 1.807) is 26.0 Å². The molecule has 0 unspecified atom stereocenters. The van der Waals surface area contributed by atoms with Crippen molar-refractivity contribution >= 4 is 11.7 Å². The van der Waals surface area contributed by atoms with Crippen LogP contribution in [0.25, 0.3) is 0 Å². The van der Waals surface area contributed by atoms with Gasteiger partial charge < -0.3 is 15.2 Å². The Morgan fingerprint density at radius 1 is 1.47 bits per heavy atom. The lowest BCUT2D eigenvalue weighted by molar-refractivity contribution is -0.152. The molecule has 1 rings (SSSR count). The topological polar surface area (TPSA) is 61.5 Å². The van der Waals surface area contributed by atoms with E-state index in [9.17, 15) is 4.79 Å². The molecule has 2 N–H and O–H groups in total. The summed E-state index contributed by atoms with van der Waals surface area (Å²) in [6, 6.07) is 5.43. The minimum Gasteiger partial charge on any atom is -0.492 e. The molecule has 0 spiro atoms. The number of methoxy groups -OCH3 is 1. The number of allylic oxidation sites excluding steroid dienone is 1. The van der Waals surface area contributed by atoms with Gasteiger partial charge >= 0.3 is 5.97 Å². The molecule has 4 nitrogen and oxygen atoms in total. The Morgan fingerprint density at radius 3 is 2.74 bits per heavy atom. The van der Waals surface area contributed by atoms with Crippen LogP contribution in [0.15, 0.2) is 30.9 Å². The molecule has 0 fully saturated rings. The fourth-order valence-electron chi connectivity index (χ4n) is 1.65. The Bertz CT molecular complexity index is 466. The third-order valence-corrected chi connectivity index (χ3v) is 2.78. The second kappa shape index (κ2) is 6.27. The SMILES string of the molecule is C=CCc1cc(N)ccc1OCC(C)(C)C(=O)OC. The Hall–Kier alpha value is -1.97. The number of ether oxygens (including phenoxy) is 2. The van der Waals surface area contributed by atoms with Crippen LogP contribution in [0, 0.1) is 5.41 Å². The summed E-state index contributed by atoms with van der Waals surface area (Å²) in [5.41, 5.74) is 6.68. The number of carbonyl (C=O) groups is 1. The second-order valence-corrected chi connectivity index (χ2v) is 5.02. The highest BCUT2D eigenvalue weighted by Gasteiger charge is 2.29. The molecule has 0 atom stereocenters. The van der Waals surface area contributed by atoms with Crippen LogP contribution in [-0.4, -0.2) is 19.7 Å². The first-order valence-corrected chi connectivity index (χ1v) is 6.11. The van der Waals surface area contributed by atoms with Gasteiger partial charge in [0.2, 0.25) is 0 Å². The van der Waals surface area contributed by atoms with Crippen molar-refractivity contribution in [3.63, 3.8) is 0 Å². The molecule has 0 radical (unpaired) electrons. The smallest absolute Gasteiger partial charge is 0.314 e. The molecule has 104 valence electrons. The Kier molecular flexibility index (Phi) is 4.98. The van der Waals surface area contributed by atoms with Crippen LogP contribution in [0.2, 0.25) is 0 Å². The molecule has 0 saturated carbocycles. The highest BCUT2D eigenvalue weighted by atomic mass is 16.5. The van der Waals surface area contributed by atoms with Crippen LogP contribution < -0.4 is 10.5 Å². The molecule has 0 saturated heterocycles. The van der Waals surface area contributed by atoms with Gasteiger partial charge in [0.15, 0.2) is 0 Å². The Balaban J connectivity index is 2.82. The van der Waals surface area contributed by atoms with Gasteiger partial charge in [0.1, 0.15) is 12.4 Å². The molecule has 0 heterocycles. The molecular formula is C15H21NO3. The molecule has 0 amide bonds. The number of benzene rings is 1. The van der Waals surface area contributed by atoms with E-state index < -0.39 is 5.41 Å². The molecule has 4 heteroatoms. The fraction of sp³-hybridized carbons (Fsp3) is 0.400. The van der Waals surface area contributed by atoms with E-state index in [0.717, 1.165) is 5.56 Å². The number of rotatable bonds is 6. The minimum atomic E-state index is -0.693. The van der Waals surface area contributed by atoms with Crippen LogP contribution >= 0.6 is 0 Å². The second-order valence-electron chi connectivity index (χ2n) is 5.02. The molecular weight excluding hydrogens is 242 g/mol. The van der Waals surface area contributed by atoms with Gasteiger partial charge in [-0.2, -0.15) is 0 Å². The summed E-state index contributed by atoms with van der Waals surface area (Å²) in [4.78, 5) is 11.6. The highest BCUT2D eigenvalue weighted by molar-refractivity contribution is 5.75. The molecule has 19 heavy (non-hydrogen) atoms. The molecule has 0 bridgehead atoms. The molecule has 1 aromatic rings. The lowest BCUT2D eigenvalue weighted by Gasteiger charge is -2.22. The lowest BCUT2D eigenvalue weighted by Crippen LogP contribution is -2.32. The van der Waals surface area contributed by atoms with E-state index in [4.69, 9.17) is 15.2 Å². The predicted molar refractivity (Wildman–Crippen MR) is 76.0 cm³/mol. The number of nitrogens with two attached hydrogens (primary N) is 1. The minimum absolute atomic E-state index is 0.244. The third kappa shape index (κ3) is 4.02. The number of hydrogen-bond donors (Lipinski definition) is 1. The first-order chi connectivity index (χ1) is 8.90. The Morgan fingerprint density at radius 2 is 2.16 bits per heavy atom. The maximum Gasteiger partial charge on any atom is 0.314 e. The number of nitrogen functional groups attached to an aromatic ring is 1. The maximum absolute atomic E-state index is 11.6. The van der Waals surface area contributed by atoms with Gasteiger partial charge in [0, 0.05) is 5.69 Å². The van der Waals surface area contributed by atoms with Crippen molar-refractivity contribution in [2.75, 3.05) is 19.5 Å². The number of anilines is 1. The standard InChI is InChI=1S/C15H21NO3/c1-5-6-11-9-12(16)7-8-13(11)19-10-15(2,3)14(17)18-4/h5,7-9H,1,6,10,16H2,2-4H3. The van der Waals surface area contributed by atoms with Gasteiger partial charge in [0.25, 0.3) is 0 Å². The first-order valence-electron chi connectivity index (χ1n) is 6.11. The predicted octanol–water partition coefficient (Wildman–Crippen LogP) is 2.58. The largest absolute Gasteiger partial charge is 0.492 e. The van der Waals surface area contributed by atoms with E-state index in [0.29, 0.717) is 17.9 Å². The van der Waals surface area contributed by atoms with Crippen LogP contribution in [-0.2, 0) is 16.0 Å². The van der Waals surface area contributed by atoms with Crippen molar-refractivity contribution in [3.05, 3.63) is 36.4 Å². The van der Waals surface area contributed by atoms with Crippen molar-refractivity contribution in [1.82, 2.24) is 0 Å². The average molecular weight is 263 g/mol. The molecule has 0 aromatic heterocycles. The summed E-state index contributed by atoms with van der Waals surface area (Å²) in [7, 11) is 1.37. The molecule has 0 aliphatic heterocycles. The van der Waals surface area contributed by atoms with Crippen LogP contribution in [0.3, 0.4) is 0 Å². The number of esters is 1. The van der Waals surface area contributed by atoms with Gasteiger partial charge in [-0.1, -0.05) is 6.08 Å². The van der Waals surface area contributed by atoms with E-state index in [2.05, 4.69) is 6.58 Å². The Labute approximate surface area is 114 Å². The first kappa shape index (κ1) is 15.1. The number of carbonyl (C=O) groups excluding carboxylic acids is 1. The zero-order valence-electron chi connectivity index (χ0n) is 11.7. The van der Waals surface area contributed by atoms with Gasteiger partial charge in [0.05, 0.1) is 12.5 Å².